The number of nitrogens with one attached hydrogen (secondary N) is 1. The summed E-state index contributed by atoms with van der Waals surface area (Å²) in [6.07, 6.45) is 0.456. The highest BCUT2D eigenvalue weighted by atomic mass is 35.5. The second kappa shape index (κ2) is 8.20. The quantitative estimate of drug-likeness (QED) is 0.487. The van der Waals surface area contributed by atoms with Crippen LogP contribution in [0.15, 0.2) is 54.7 Å². The number of nitrogens with zero attached hydrogens (tertiary/aromatic N) is 3. The predicted molar refractivity (Wildman–Crippen MR) is 104 cm³/mol. The molecule has 0 saturated heterocycles. The van der Waals surface area contributed by atoms with E-state index in [4.69, 9.17) is 11.6 Å². The van der Waals surface area contributed by atoms with E-state index in [1.165, 1.54) is 30.5 Å². The molecule has 0 radical (unpaired) electrons. The van der Waals surface area contributed by atoms with Gasteiger partial charge in [0, 0.05) is 23.7 Å². The zero-order valence-electron chi connectivity index (χ0n) is 14.9. The van der Waals surface area contributed by atoms with Gasteiger partial charge in [0.15, 0.2) is 0 Å². The molecule has 9 heteroatoms. The zero-order chi connectivity index (χ0) is 20.3. The topological polar surface area (TPSA) is 110 Å². The first-order chi connectivity index (χ1) is 13.4. The molecule has 0 aliphatic carbocycles. The smallest absolute Gasteiger partial charge is 0.269 e. The Bertz CT molecular complexity index is 1020. The lowest BCUT2D eigenvalue weighted by Gasteiger charge is -2.12. The summed E-state index contributed by atoms with van der Waals surface area (Å²) in [4.78, 5) is 22.6. The zero-order valence-corrected chi connectivity index (χ0v) is 15.6. The van der Waals surface area contributed by atoms with Gasteiger partial charge in [-0.25, -0.2) is 4.68 Å². The molecule has 0 spiro atoms. The maximum Gasteiger partial charge on any atom is 0.269 e. The number of nitro groups is 1. The average molecular weight is 401 g/mol. The van der Waals surface area contributed by atoms with E-state index in [1.54, 1.807) is 29.8 Å². The highest BCUT2D eigenvalue weighted by molar-refractivity contribution is 6.30. The molecule has 2 N–H and O–H groups in total. The second-order valence-corrected chi connectivity index (χ2v) is 6.55. The van der Waals surface area contributed by atoms with Crippen molar-refractivity contribution in [3.63, 3.8) is 0 Å². The standard InChI is InChI=1S/C19H17ClN4O4/c1-12-17(10-22-23(12)16-4-2-3-14(20)9-16)19(26)21-11-18(25)13-5-7-15(8-6-13)24(27)28/h2-10,18,25H,11H2,1H3,(H,21,26). The van der Waals surface area contributed by atoms with E-state index in [0.29, 0.717) is 21.8 Å². The van der Waals surface area contributed by atoms with Gasteiger partial charge in [-0.1, -0.05) is 17.7 Å². The van der Waals surface area contributed by atoms with Gasteiger partial charge in [0.2, 0.25) is 0 Å². The number of nitro benzene ring substituents is 1. The van der Waals surface area contributed by atoms with E-state index in [1.807, 2.05) is 6.07 Å². The highest BCUT2D eigenvalue weighted by Gasteiger charge is 2.17. The van der Waals surface area contributed by atoms with Crippen LogP contribution in [-0.2, 0) is 0 Å². The van der Waals surface area contributed by atoms with Crippen LogP contribution in [0.1, 0.15) is 27.7 Å². The summed E-state index contributed by atoms with van der Waals surface area (Å²) >= 11 is 6.00. The van der Waals surface area contributed by atoms with Crippen molar-refractivity contribution < 1.29 is 14.8 Å². The van der Waals surface area contributed by atoms with Crippen LogP contribution in [0.25, 0.3) is 5.69 Å². The lowest BCUT2D eigenvalue weighted by atomic mass is 10.1. The molecule has 0 fully saturated rings. The first-order valence-electron chi connectivity index (χ1n) is 8.38. The van der Waals surface area contributed by atoms with Crippen LogP contribution in [-0.4, -0.2) is 32.3 Å². The second-order valence-electron chi connectivity index (χ2n) is 6.11. The summed E-state index contributed by atoms with van der Waals surface area (Å²) < 4.78 is 1.60. The van der Waals surface area contributed by atoms with E-state index in [9.17, 15) is 20.0 Å². The molecule has 3 aromatic rings. The Morgan fingerprint density at radius 1 is 1.32 bits per heavy atom. The Morgan fingerprint density at radius 2 is 2.04 bits per heavy atom. The van der Waals surface area contributed by atoms with Gasteiger partial charge in [-0.3, -0.25) is 14.9 Å². The Labute approximate surface area is 165 Å². The highest BCUT2D eigenvalue weighted by Crippen LogP contribution is 2.19. The molecule has 8 nitrogen and oxygen atoms in total. The SMILES string of the molecule is Cc1c(C(=O)NCC(O)c2ccc([N+](=O)[O-])cc2)cnn1-c1cccc(Cl)c1. The van der Waals surface area contributed by atoms with Crippen molar-refractivity contribution in [2.24, 2.45) is 0 Å². The monoisotopic (exact) mass is 400 g/mol. The number of amides is 1. The lowest BCUT2D eigenvalue weighted by Crippen LogP contribution is -2.28. The summed E-state index contributed by atoms with van der Waals surface area (Å²) in [5.74, 6) is -0.383. The number of carbonyl (C=O) groups excluding carboxylic acids is 1. The third-order valence-corrected chi connectivity index (χ3v) is 4.49. The first-order valence-corrected chi connectivity index (χ1v) is 8.76. The van der Waals surface area contributed by atoms with Crippen LogP contribution in [0.5, 0.6) is 0 Å². The van der Waals surface area contributed by atoms with Gasteiger partial charge in [0.1, 0.15) is 0 Å². The molecule has 1 aromatic heterocycles. The minimum absolute atomic E-state index is 0.0432. The van der Waals surface area contributed by atoms with Crippen LogP contribution in [0.4, 0.5) is 5.69 Å². The molecular formula is C19H17ClN4O4. The lowest BCUT2D eigenvalue weighted by molar-refractivity contribution is -0.384. The van der Waals surface area contributed by atoms with Crippen molar-refractivity contribution in [3.05, 3.63) is 86.7 Å². The van der Waals surface area contributed by atoms with E-state index < -0.39 is 11.0 Å². The van der Waals surface area contributed by atoms with E-state index in [2.05, 4.69) is 10.4 Å². The minimum Gasteiger partial charge on any atom is -0.387 e. The molecule has 0 bridgehead atoms. The third kappa shape index (κ3) is 4.19. The van der Waals surface area contributed by atoms with Gasteiger partial charge >= 0.3 is 0 Å². The Hall–Kier alpha value is -3.23. The Balaban J connectivity index is 1.67. The molecule has 2 aromatic carbocycles. The largest absolute Gasteiger partial charge is 0.387 e. The number of benzene rings is 2. The van der Waals surface area contributed by atoms with Gasteiger partial charge in [0.05, 0.1) is 34.2 Å². The Kier molecular flexibility index (Phi) is 5.72. The number of aliphatic hydroxyl groups excluding tert-OH is 1. The summed E-state index contributed by atoms with van der Waals surface area (Å²) in [6.45, 7) is 1.72. The van der Waals surface area contributed by atoms with Gasteiger partial charge in [0.25, 0.3) is 11.6 Å². The fourth-order valence-electron chi connectivity index (χ4n) is 2.72. The minimum atomic E-state index is -0.993. The van der Waals surface area contributed by atoms with E-state index >= 15 is 0 Å². The Morgan fingerprint density at radius 3 is 2.68 bits per heavy atom. The van der Waals surface area contributed by atoms with Crippen LogP contribution < -0.4 is 5.32 Å². The molecular weight excluding hydrogens is 384 g/mol. The van der Waals surface area contributed by atoms with Crippen LogP contribution in [0, 0.1) is 17.0 Å². The van der Waals surface area contributed by atoms with Crippen LogP contribution in [0.3, 0.4) is 0 Å². The number of non-ortho nitro benzene ring substituents is 1. The maximum atomic E-state index is 12.5. The van der Waals surface area contributed by atoms with E-state index in [0.717, 1.165) is 5.69 Å². The first kappa shape index (κ1) is 19.5. The van der Waals surface area contributed by atoms with Crippen molar-refractivity contribution in [1.29, 1.82) is 0 Å². The molecule has 1 unspecified atom stereocenters. The molecule has 1 atom stereocenters. The summed E-state index contributed by atoms with van der Waals surface area (Å²) in [6, 6.07) is 12.6. The fourth-order valence-corrected chi connectivity index (χ4v) is 2.91. The number of carbonyl (C=O) groups is 1. The molecule has 0 aliphatic rings. The van der Waals surface area contributed by atoms with Crippen molar-refractivity contribution in [3.8, 4) is 5.69 Å². The molecule has 0 aliphatic heterocycles. The fraction of sp³-hybridized carbons (Fsp3) is 0.158. The molecule has 1 amide bonds. The van der Waals surface area contributed by atoms with Gasteiger partial charge in [-0.05, 0) is 42.8 Å². The average Bonchev–Trinajstić information content (AvgIpc) is 3.07. The summed E-state index contributed by atoms with van der Waals surface area (Å²) in [5.41, 5.74) is 2.14. The molecule has 1 heterocycles. The maximum absolute atomic E-state index is 12.5. The van der Waals surface area contributed by atoms with Crippen molar-refractivity contribution in [2.45, 2.75) is 13.0 Å². The van der Waals surface area contributed by atoms with Gasteiger partial charge in [-0.15, -0.1) is 0 Å². The van der Waals surface area contributed by atoms with E-state index in [-0.39, 0.29) is 18.1 Å². The summed E-state index contributed by atoms with van der Waals surface area (Å²) in [7, 11) is 0. The number of halogens is 1. The number of aliphatic hydroxyl groups is 1. The van der Waals surface area contributed by atoms with Crippen LogP contribution >= 0.6 is 11.6 Å². The third-order valence-electron chi connectivity index (χ3n) is 4.25. The molecule has 0 saturated carbocycles. The number of rotatable bonds is 6. The molecule has 144 valence electrons. The summed E-state index contributed by atoms with van der Waals surface area (Å²) in [5, 5.41) is 28.3. The molecule has 28 heavy (non-hydrogen) atoms. The number of hydrogen-bond acceptors (Lipinski definition) is 5. The van der Waals surface area contributed by atoms with Crippen molar-refractivity contribution in [1.82, 2.24) is 15.1 Å². The number of hydrogen-bond donors (Lipinski definition) is 2. The van der Waals surface area contributed by atoms with Crippen molar-refractivity contribution >= 4 is 23.2 Å². The molecule has 3 rings (SSSR count). The normalized spacial score (nSPS) is 11.8. The predicted octanol–water partition coefficient (Wildman–Crippen LogP) is 3.21. The van der Waals surface area contributed by atoms with Crippen LogP contribution in [0.2, 0.25) is 5.02 Å². The van der Waals surface area contributed by atoms with Gasteiger partial charge < -0.3 is 10.4 Å². The number of aromatic nitrogens is 2. The van der Waals surface area contributed by atoms with Gasteiger partial charge in [-0.2, -0.15) is 5.10 Å². The van der Waals surface area contributed by atoms with Crippen molar-refractivity contribution in [2.75, 3.05) is 6.54 Å².